The lowest BCUT2D eigenvalue weighted by molar-refractivity contribution is -0.138. The number of nitrogens with zero attached hydrogens (tertiary/aromatic N) is 4. The van der Waals surface area contributed by atoms with Crippen LogP contribution in [0.25, 0.3) is 0 Å². The predicted octanol–water partition coefficient (Wildman–Crippen LogP) is 0.316. The fraction of sp³-hybridized carbons (Fsp3) is 0.286. The van der Waals surface area contributed by atoms with Gasteiger partial charge in [-0.1, -0.05) is 9.59 Å². The van der Waals surface area contributed by atoms with Crippen molar-refractivity contribution in [2.24, 2.45) is 0 Å². The van der Waals surface area contributed by atoms with Gasteiger partial charge in [0.05, 0.1) is 6.61 Å². The third-order valence-corrected chi connectivity index (χ3v) is 1.78. The molecule has 0 amide bonds. The SMILES string of the molecule is CCOC(=O)/C(C#N)=C/Nc1nnns1. The monoisotopic (exact) mass is 225 g/mol. The summed E-state index contributed by atoms with van der Waals surface area (Å²) < 4.78 is 8.14. The molecular formula is C7H7N5O2S. The Labute approximate surface area is 89.5 Å². The highest BCUT2D eigenvalue weighted by molar-refractivity contribution is 7.09. The lowest BCUT2D eigenvalue weighted by Gasteiger charge is -1.98. The Hall–Kier alpha value is -2.01. The first-order valence-electron chi connectivity index (χ1n) is 3.97. The number of aromatic nitrogens is 3. The molecule has 8 heteroatoms. The topological polar surface area (TPSA) is 101 Å². The van der Waals surface area contributed by atoms with Crippen LogP contribution in [0.4, 0.5) is 5.13 Å². The summed E-state index contributed by atoms with van der Waals surface area (Å²) in [5.41, 5.74) is -0.132. The molecule has 0 bridgehead atoms. The van der Waals surface area contributed by atoms with Crippen molar-refractivity contribution in [3.05, 3.63) is 11.8 Å². The standard InChI is InChI=1S/C7H7N5O2S/c1-2-14-6(13)5(3-8)4-9-7-10-11-12-15-7/h4H,2H2,1H3,(H,9,10,12)/b5-4+. The zero-order valence-corrected chi connectivity index (χ0v) is 8.61. The number of hydrogen-bond donors (Lipinski definition) is 1. The summed E-state index contributed by atoms with van der Waals surface area (Å²) in [7, 11) is 0. The van der Waals surface area contributed by atoms with Crippen molar-refractivity contribution in [2.45, 2.75) is 6.92 Å². The molecule has 1 rings (SSSR count). The van der Waals surface area contributed by atoms with E-state index in [-0.39, 0.29) is 12.2 Å². The Bertz CT molecular complexity index is 394. The van der Waals surface area contributed by atoms with Crippen LogP contribution >= 0.6 is 11.5 Å². The molecule has 0 saturated heterocycles. The number of carbonyl (C=O) groups excluding carboxylic acids is 1. The zero-order valence-electron chi connectivity index (χ0n) is 7.80. The van der Waals surface area contributed by atoms with Gasteiger partial charge >= 0.3 is 5.97 Å². The smallest absolute Gasteiger partial charge is 0.350 e. The average Bonchev–Trinajstić information content (AvgIpc) is 2.72. The first kappa shape index (κ1) is 11.1. The van der Waals surface area contributed by atoms with Gasteiger partial charge in [-0.15, -0.1) is 0 Å². The van der Waals surface area contributed by atoms with Crippen molar-refractivity contribution < 1.29 is 9.53 Å². The van der Waals surface area contributed by atoms with Crippen molar-refractivity contribution in [1.82, 2.24) is 14.8 Å². The van der Waals surface area contributed by atoms with Gasteiger partial charge < -0.3 is 10.1 Å². The van der Waals surface area contributed by atoms with Crippen molar-refractivity contribution in [2.75, 3.05) is 11.9 Å². The van der Waals surface area contributed by atoms with Gasteiger partial charge in [-0.25, -0.2) is 4.79 Å². The number of nitrogens with one attached hydrogen (secondary N) is 1. The van der Waals surface area contributed by atoms with Crippen LogP contribution in [0.15, 0.2) is 11.8 Å². The molecule has 1 aromatic rings. The molecule has 0 aliphatic carbocycles. The van der Waals surface area contributed by atoms with Crippen LogP contribution in [0, 0.1) is 11.3 Å². The molecular weight excluding hydrogens is 218 g/mol. The summed E-state index contributed by atoms with van der Waals surface area (Å²) in [5, 5.41) is 18.6. The van der Waals surface area contributed by atoms with Crippen LogP contribution in [-0.4, -0.2) is 27.4 Å². The molecule has 1 aromatic heterocycles. The molecule has 7 nitrogen and oxygen atoms in total. The van der Waals surface area contributed by atoms with E-state index in [9.17, 15) is 4.79 Å². The summed E-state index contributed by atoms with van der Waals surface area (Å²) in [6, 6.07) is 1.71. The first-order valence-corrected chi connectivity index (χ1v) is 4.74. The largest absolute Gasteiger partial charge is 0.462 e. The van der Waals surface area contributed by atoms with E-state index in [2.05, 4.69) is 24.9 Å². The normalized spacial score (nSPS) is 10.5. The maximum absolute atomic E-state index is 11.1. The highest BCUT2D eigenvalue weighted by Gasteiger charge is 2.09. The summed E-state index contributed by atoms with van der Waals surface area (Å²) in [4.78, 5) is 11.1. The Morgan fingerprint density at radius 2 is 2.60 bits per heavy atom. The van der Waals surface area contributed by atoms with Crippen LogP contribution < -0.4 is 5.32 Å². The van der Waals surface area contributed by atoms with E-state index in [4.69, 9.17) is 5.26 Å². The molecule has 0 unspecified atom stereocenters. The molecule has 1 heterocycles. The van der Waals surface area contributed by atoms with Gasteiger partial charge in [0.1, 0.15) is 6.07 Å². The molecule has 1 N–H and O–H groups in total. The van der Waals surface area contributed by atoms with Gasteiger partial charge in [0.25, 0.3) is 0 Å². The summed E-state index contributed by atoms with van der Waals surface area (Å²) >= 11 is 1.01. The van der Waals surface area contributed by atoms with Gasteiger partial charge in [0.15, 0.2) is 5.57 Å². The maximum Gasteiger partial charge on any atom is 0.350 e. The van der Waals surface area contributed by atoms with E-state index in [1.54, 1.807) is 13.0 Å². The van der Waals surface area contributed by atoms with Gasteiger partial charge in [-0.3, -0.25) is 0 Å². The molecule has 0 aromatic carbocycles. The zero-order chi connectivity index (χ0) is 11.1. The van der Waals surface area contributed by atoms with Crippen LogP contribution in [0.3, 0.4) is 0 Å². The summed E-state index contributed by atoms with van der Waals surface area (Å²) in [6.07, 6.45) is 1.21. The Morgan fingerprint density at radius 3 is 3.13 bits per heavy atom. The molecule has 0 fully saturated rings. The number of ether oxygens (including phenoxy) is 1. The van der Waals surface area contributed by atoms with Crippen molar-refractivity contribution >= 4 is 22.6 Å². The third kappa shape index (κ3) is 3.32. The average molecular weight is 225 g/mol. The first-order chi connectivity index (χ1) is 7.27. The number of hydrogen-bond acceptors (Lipinski definition) is 8. The van der Waals surface area contributed by atoms with Crippen LogP contribution in [0.1, 0.15) is 6.92 Å². The van der Waals surface area contributed by atoms with Crippen LogP contribution in [0.5, 0.6) is 0 Å². The van der Waals surface area contributed by atoms with E-state index in [0.29, 0.717) is 5.13 Å². The fourth-order valence-corrected chi connectivity index (χ4v) is 1.00. The van der Waals surface area contributed by atoms with Crippen LogP contribution in [0.2, 0.25) is 0 Å². The molecule has 0 atom stereocenters. The molecule has 15 heavy (non-hydrogen) atoms. The predicted molar refractivity (Wildman–Crippen MR) is 51.7 cm³/mol. The highest BCUT2D eigenvalue weighted by atomic mass is 32.1. The van der Waals surface area contributed by atoms with E-state index in [0.717, 1.165) is 11.5 Å². The molecule has 0 aliphatic rings. The number of rotatable bonds is 4. The number of esters is 1. The van der Waals surface area contributed by atoms with E-state index in [1.165, 1.54) is 6.20 Å². The van der Waals surface area contributed by atoms with E-state index in [1.807, 2.05) is 0 Å². The molecule has 0 saturated carbocycles. The van der Waals surface area contributed by atoms with Gasteiger partial charge in [-0.05, 0) is 12.1 Å². The van der Waals surface area contributed by atoms with Crippen molar-refractivity contribution in [1.29, 1.82) is 5.26 Å². The highest BCUT2D eigenvalue weighted by Crippen LogP contribution is 2.06. The minimum Gasteiger partial charge on any atom is -0.462 e. The minimum atomic E-state index is -0.676. The minimum absolute atomic E-state index is 0.132. The van der Waals surface area contributed by atoms with E-state index >= 15 is 0 Å². The number of carbonyl (C=O) groups is 1. The van der Waals surface area contributed by atoms with Gasteiger partial charge in [0, 0.05) is 17.7 Å². The number of anilines is 1. The van der Waals surface area contributed by atoms with Crippen molar-refractivity contribution in [3.8, 4) is 6.07 Å². The van der Waals surface area contributed by atoms with Crippen LogP contribution in [-0.2, 0) is 9.53 Å². The lowest BCUT2D eigenvalue weighted by atomic mass is 10.3. The summed E-state index contributed by atoms with van der Waals surface area (Å²) in [5.74, 6) is -0.676. The quantitative estimate of drug-likeness (QED) is 0.447. The second kappa shape index (κ2) is 5.66. The third-order valence-electron chi connectivity index (χ3n) is 1.26. The second-order valence-electron chi connectivity index (χ2n) is 2.20. The fourth-order valence-electron chi connectivity index (χ4n) is 0.669. The molecule has 78 valence electrons. The number of nitriles is 1. The second-order valence-corrected chi connectivity index (χ2v) is 2.93. The molecule has 0 radical (unpaired) electrons. The van der Waals surface area contributed by atoms with Gasteiger partial charge in [0.2, 0.25) is 5.13 Å². The molecule has 0 aliphatic heterocycles. The van der Waals surface area contributed by atoms with Gasteiger partial charge in [-0.2, -0.15) is 5.26 Å². The Kier molecular flexibility index (Phi) is 4.18. The summed E-state index contributed by atoms with van der Waals surface area (Å²) in [6.45, 7) is 1.88. The Balaban J connectivity index is 2.63. The lowest BCUT2D eigenvalue weighted by Crippen LogP contribution is -2.07. The van der Waals surface area contributed by atoms with Crippen molar-refractivity contribution in [3.63, 3.8) is 0 Å². The Morgan fingerprint density at radius 1 is 1.80 bits per heavy atom. The van der Waals surface area contributed by atoms with E-state index < -0.39 is 5.97 Å². The molecule has 0 spiro atoms. The maximum atomic E-state index is 11.1.